The molecule has 0 aliphatic heterocycles. The van der Waals surface area contributed by atoms with Gasteiger partial charge in [-0.2, -0.15) is 5.06 Å². The molecule has 0 radical (unpaired) electrons. The van der Waals surface area contributed by atoms with Gasteiger partial charge in [-0.1, -0.05) is 6.92 Å². The van der Waals surface area contributed by atoms with Gasteiger partial charge in [-0.3, -0.25) is 4.79 Å². The zero-order chi connectivity index (χ0) is 7.28. The Morgan fingerprint density at radius 1 is 1.89 bits per heavy atom. The van der Waals surface area contributed by atoms with E-state index in [1.165, 1.54) is 7.05 Å². The molecule has 0 fully saturated rings. The van der Waals surface area contributed by atoms with E-state index in [0.717, 1.165) is 10.6 Å². The predicted molar refractivity (Wildman–Crippen MR) is 37.8 cm³/mol. The number of hydrogen-bond donors (Lipinski definition) is 0. The van der Waals surface area contributed by atoms with Gasteiger partial charge in [0, 0.05) is 13.5 Å². The van der Waals surface area contributed by atoms with Crippen LogP contribution in [0.5, 0.6) is 0 Å². The molecule has 0 unspecified atom stereocenters. The maximum atomic E-state index is 10.6. The van der Waals surface area contributed by atoms with Crippen LogP contribution in [0.4, 0.5) is 0 Å². The first-order valence-electron chi connectivity index (χ1n) is 2.59. The average Bonchev–Trinajstić information content (AvgIpc) is 1.87. The van der Waals surface area contributed by atoms with Gasteiger partial charge in [-0.05, 0) is 12.2 Å². The fourth-order valence-corrected chi connectivity index (χ4v) is 0.475. The van der Waals surface area contributed by atoms with Crippen LogP contribution in [0.2, 0.25) is 0 Å². The fourth-order valence-electron chi connectivity index (χ4n) is 0.346. The zero-order valence-corrected chi connectivity index (χ0v) is 6.27. The lowest BCUT2D eigenvalue weighted by Gasteiger charge is -2.11. The molecule has 0 aliphatic carbocycles. The van der Waals surface area contributed by atoms with Crippen molar-refractivity contribution in [2.75, 3.05) is 7.05 Å². The van der Waals surface area contributed by atoms with Crippen molar-refractivity contribution >= 4 is 23.7 Å². The molecule has 0 saturated heterocycles. The van der Waals surface area contributed by atoms with Crippen LogP contribution in [0.3, 0.4) is 0 Å². The number of thiocarbonyl (C=S) groups is 1. The van der Waals surface area contributed by atoms with Gasteiger partial charge in [0.25, 0.3) is 5.91 Å². The van der Waals surface area contributed by atoms with Gasteiger partial charge in [-0.25, -0.2) is 0 Å². The Kier molecular flexibility index (Phi) is 3.96. The molecule has 0 aromatic carbocycles. The second-order valence-electron chi connectivity index (χ2n) is 1.45. The molecule has 0 N–H and O–H groups in total. The van der Waals surface area contributed by atoms with Gasteiger partial charge < -0.3 is 4.84 Å². The maximum Gasteiger partial charge on any atom is 0.254 e. The molecule has 0 bridgehead atoms. The van der Waals surface area contributed by atoms with E-state index < -0.39 is 0 Å². The summed E-state index contributed by atoms with van der Waals surface area (Å²) >= 11 is 4.35. The van der Waals surface area contributed by atoms with Crippen LogP contribution in [-0.4, -0.2) is 23.6 Å². The number of hydroxylamine groups is 2. The Morgan fingerprint density at radius 2 is 2.44 bits per heavy atom. The minimum atomic E-state index is -0.0869. The van der Waals surface area contributed by atoms with Crippen molar-refractivity contribution < 1.29 is 9.63 Å². The Balaban J connectivity index is 3.58. The summed E-state index contributed by atoms with van der Waals surface area (Å²) in [4.78, 5) is 15.2. The highest BCUT2D eigenvalue weighted by molar-refractivity contribution is 7.78. The third-order valence-corrected chi connectivity index (χ3v) is 0.941. The summed E-state index contributed by atoms with van der Waals surface area (Å²) < 4.78 is 0. The molecule has 0 aliphatic rings. The maximum absolute atomic E-state index is 10.6. The highest BCUT2D eigenvalue weighted by atomic mass is 32.1. The Labute approximate surface area is 59.5 Å². The van der Waals surface area contributed by atoms with E-state index in [2.05, 4.69) is 17.1 Å². The average molecular weight is 147 g/mol. The number of carbonyl (C=O) groups is 1. The zero-order valence-electron chi connectivity index (χ0n) is 5.46. The molecule has 0 atom stereocenters. The van der Waals surface area contributed by atoms with Crippen molar-refractivity contribution in [3.63, 3.8) is 0 Å². The number of amides is 1. The largest absolute Gasteiger partial charge is 0.373 e. The van der Waals surface area contributed by atoms with Gasteiger partial charge in [0.2, 0.25) is 0 Å². The number of nitrogens with zero attached hydrogens (tertiary/aromatic N) is 1. The summed E-state index contributed by atoms with van der Waals surface area (Å²) in [5.41, 5.74) is 1.05. The highest BCUT2D eigenvalue weighted by Gasteiger charge is 2.02. The van der Waals surface area contributed by atoms with Crippen LogP contribution in [0, 0.1) is 0 Å². The quantitative estimate of drug-likeness (QED) is 0.435. The van der Waals surface area contributed by atoms with Crippen LogP contribution in [0.15, 0.2) is 0 Å². The first kappa shape index (κ1) is 8.36. The van der Waals surface area contributed by atoms with E-state index in [0.29, 0.717) is 6.42 Å². The SMILES string of the molecule is CCC(=O)N(C)OC=S. The smallest absolute Gasteiger partial charge is 0.254 e. The molecular weight excluding hydrogens is 138 g/mol. The van der Waals surface area contributed by atoms with Gasteiger partial charge >= 0.3 is 0 Å². The fraction of sp³-hybridized carbons (Fsp3) is 0.600. The lowest BCUT2D eigenvalue weighted by Crippen LogP contribution is -2.24. The first-order valence-corrected chi connectivity index (χ1v) is 3.06. The van der Waals surface area contributed by atoms with Gasteiger partial charge in [0.05, 0.1) is 0 Å². The molecule has 9 heavy (non-hydrogen) atoms. The Hall–Kier alpha value is -0.640. The van der Waals surface area contributed by atoms with E-state index in [1.807, 2.05) is 0 Å². The molecule has 1 amide bonds. The van der Waals surface area contributed by atoms with E-state index in [-0.39, 0.29) is 5.91 Å². The summed E-state index contributed by atoms with van der Waals surface area (Å²) in [5.74, 6) is -0.0869. The van der Waals surface area contributed by atoms with Gasteiger partial charge in [0.1, 0.15) is 0 Å². The molecule has 0 heterocycles. The topological polar surface area (TPSA) is 29.5 Å². The summed E-state index contributed by atoms with van der Waals surface area (Å²) in [6.07, 6.45) is 0.430. The summed E-state index contributed by atoms with van der Waals surface area (Å²) in [6, 6.07) is 0. The van der Waals surface area contributed by atoms with Crippen molar-refractivity contribution in [2.45, 2.75) is 13.3 Å². The molecule has 0 aromatic rings. The third kappa shape index (κ3) is 3.03. The lowest BCUT2D eigenvalue weighted by molar-refractivity contribution is -0.153. The summed E-state index contributed by atoms with van der Waals surface area (Å²) in [7, 11) is 1.52. The summed E-state index contributed by atoms with van der Waals surface area (Å²) in [5, 5.41) is 1.10. The van der Waals surface area contributed by atoms with E-state index in [4.69, 9.17) is 0 Å². The highest BCUT2D eigenvalue weighted by Crippen LogP contribution is 1.87. The number of rotatable bonds is 3. The normalized spacial score (nSPS) is 8.22. The van der Waals surface area contributed by atoms with Crippen LogP contribution < -0.4 is 0 Å². The molecule has 52 valence electrons. The number of carbonyl (C=O) groups excluding carboxylic acids is 1. The molecule has 0 rings (SSSR count). The van der Waals surface area contributed by atoms with Crippen molar-refractivity contribution in [1.82, 2.24) is 5.06 Å². The third-order valence-electron chi connectivity index (χ3n) is 0.855. The van der Waals surface area contributed by atoms with Crippen LogP contribution >= 0.6 is 12.2 Å². The van der Waals surface area contributed by atoms with Crippen molar-refractivity contribution in [3.8, 4) is 0 Å². The van der Waals surface area contributed by atoms with E-state index >= 15 is 0 Å². The first-order chi connectivity index (χ1) is 4.22. The predicted octanol–water partition coefficient (Wildman–Crippen LogP) is 0.744. The molecule has 0 aromatic heterocycles. The van der Waals surface area contributed by atoms with Crippen molar-refractivity contribution in [3.05, 3.63) is 0 Å². The van der Waals surface area contributed by atoms with Crippen LogP contribution in [0.1, 0.15) is 13.3 Å². The van der Waals surface area contributed by atoms with Crippen molar-refractivity contribution in [1.29, 1.82) is 0 Å². The van der Waals surface area contributed by atoms with E-state index in [1.54, 1.807) is 6.92 Å². The van der Waals surface area contributed by atoms with Crippen LogP contribution in [0.25, 0.3) is 0 Å². The second-order valence-corrected chi connectivity index (χ2v) is 1.64. The standard InChI is InChI=1S/C5H9NO2S/c1-3-5(7)6(2)8-4-9/h4H,3H2,1-2H3. The lowest BCUT2D eigenvalue weighted by atomic mass is 10.5. The Morgan fingerprint density at radius 3 is 2.78 bits per heavy atom. The van der Waals surface area contributed by atoms with E-state index in [9.17, 15) is 4.79 Å². The molecule has 3 nitrogen and oxygen atoms in total. The Bertz CT molecular complexity index is 116. The monoisotopic (exact) mass is 147 g/mol. The molecular formula is C5H9NO2S. The molecule has 4 heteroatoms. The van der Waals surface area contributed by atoms with Crippen LogP contribution in [-0.2, 0) is 9.63 Å². The minimum absolute atomic E-state index is 0.0869. The van der Waals surface area contributed by atoms with Gasteiger partial charge in [0.15, 0.2) is 5.55 Å². The summed E-state index contributed by atoms with van der Waals surface area (Å²) in [6.45, 7) is 1.76. The van der Waals surface area contributed by atoms with Gasteiger partial charge in [-0.15, -0.1) is 0 Å². The minimum Gasteiger partial charge on any atom is -0.373 e. The number of hydrogen-bond acceptors (Lipinski definition) is 3. The molecule has 0 spiro atoms. The van der Waals surface area contributed by atoms with Crippen molar-refractivity contribution in [2.24, 2.45) is 0 Å². The molecule has 0 saturated carbocycles. The second kappa shape index (κ2) is 4.26.